The van der Waals surface area contributed by atoms with Crippen LogP contribution >= 0.6 is 22.6 Å². The normalized spacial score (nSPS) is 10.0. The molecule has 15 heavy (non-hydrogen) atoms. The first-order valence-corrected chi connectivity index (χ1v) is 6.32. The SMILES string of the molecule is Cc1cccc(C(=O)NCCCI)c1O. The summed E-state index contributed by atoms with van der Waals surface area (Å²) >= 11 is 2.26. The van der Waals surface area contributed by atoms with Crippen LogP contribution in [0.25, 0.3) is 0 Å². The molecule has 4 heteroatoms. The van der Waals surface area contributed by atoms with Crippen LogP contribution in [-0.4, -0.2) is 22.0 Å². The highest BCUT2D eigenvalue weighted by atomic mass is 127. The first-order valence-electron chi connectivity index (χ1n) is 4.79. The summed E-state index contributed by atoms with van der Waals surface area (Å²) in [6.07, 6.45) is 0.943. The average Bonchev–Trinajstić information content (AvgIpc) is 2.22. The molecule has 1 amide bonds. The Morgan fingerprint density at radius 2 is 2.27 bits per heavy atom. The number of hydrogen-bond donors (Lipinski definition) is 2. The summed E-state index contributed by atoms with van der Waals surface area (Å²) in [6.45, 7) is 2.42. The van der Waals surface area contributed by atoms with E-state index < -0.39 is 0 Å². The van der Waals surface area contributed by atoms with Crippen molar-refractivity contribution in [3.63, 3.8) is 0 Å². The van der Waals surface area contributed by atoms with Crippen molar-refractivity contribution < 1.29 is 9.90 Å². The molecule has 0 radical (unpaired) electrons. The molecule has 1 aromatic carbocycles. The summed E-state index contributed by atoms with van der Waals surface area (Å²) in [7, 11) is 0. The number of nitrogens with one attached hydrogen (secondary N) is 1. The lowest BCUT2D eigenvalue weighted by molar-refractivity contribution is 0.0951. The molecule has 0 saturated heterocycles. The van der Waals surface area contributed by atoms with Gasteiger partial charge in [0.1, 0.15) is 5.75 Å². The van der Waals surface area contributed by atoms with Gasteiger partial charge in [0.25, 0.3) is 5.91 Å². The number of carbonyl (C=O) groups excluding carboxylic acids is 1. The minimum absolute atomic E-state index is 0.0736. The number of aromatic hydroxyl groups is 1. The summed E-state index contributed by atoms with van der Waals surface area (Å²) < 4.78 is 1.01. The monoisotopic (exact) mass is 319 g/mol. The van der Waals surface area contributed by atoms with Gasteiger partial charge in [0.15, 0.2) is 0 Å². The van der Waals surface area contributed by atoms with Gasteiger partial charge in [0.2, 0.25) is 0 Å². The lowest BCUT2D eigenvalue weighted by atomic mass is 10.1. The molecule has 0 unspecified atom stereocenters. The van der Waals surface area contributed by atoms with Crippen molar-refractivity contribution in [2.24, 2.45) is 0 Å². The van der Waals surface area contributed by atoms with Gasteiger partial charge in [0.05, 0.1) is 5.56 Å². The lowest BCUT2D eigenvalue weighted by Crippen LogP contribution is -2.24. The molecule has 0 aliphatic carbocycles. The van der Waals surface area contributed by atoms with Gasteiger partial charge in [-0.1, -0.05) is 34.7 Å². The van der Waals surface area contributed by atoms with E-state index in [4.69, 9.17) is 0 Å². The van der Waals surface area contributed by atoms with Crippen molar-refractivity contribution in [2.45, 2.75) is 13.3 Å². The van der Waals surface area contributed by atoms with Crippen LogP contribution in [-0.2, 0) is 0 Å². The summed E-state index contributed by atoms with van der Waals surface area (Å²) in [5.41, 5.74) is 1.07. The number of carbonyl (C=O) groups is 1. The van der Waals surface area contributed by atoms with Crippen molar-refractivity contribution in [1.29, 1.82) is 0 Å². The van der Waals surface area contributed by atoms with Gasteiger partial charge < -0.3 is 10.4 Å². The Morgan fingerprint density at radius 3 is 2.93 bits per heavy atom. The Labute approximate surface area is 103 Å². The average molecular weight is 319 g/mol. The Balaban J connectivity index is 2.69. The predicted molar refractivity (Wildman–Crippen MR) is 68.7 cm³/mol. The van der Waals surface area contributed by atoms with Crippen LogP contribution in [0.1, 0.15) is 22.3 Å². The van der Waals surface area contributed by atoms with Crippen molar-refractivity contribution in [3.05, 3.63) is 29.3 Å². The number of phenols is 1. The lowest BCUT2D eigenvalue weighted by Gasteiger charge is -2.07. The van der Waals surface area contributed by atoms with Gasteiger partial charge in [-0.3, -0.25) is 4.79 Å². The second-order valence-corrected chi connectivity index (χ2v) is 4.35. The molecule has 0 fully saturated rings. The minimum Gasteiger partial charge on any atom is -0.507 e. The fourth-order valence-electron chi connectivity index (χ4n) is 1.21. The van der Waals surface area contributed by atoms with Crippen LogP contribution in [0.4, 0.5) is 0 Å². The second-order valence-electron chi connectivity index (χ2n) is 3.27. The van der Waals surface area contributed by atoms with Crippen molar-refractivity contribution >= 4 is 28.5 Å². The van der Waals surface area contributed by atoms with Crippen molar-refractivity contribution in [3.8, 4) is 5.75 Å². The van der Waals surface area contributed by atoms with Gasteiger partial charge in [-0.05, 0) is 25.0 Å². The maximum atomic E-state index is 11.6. The van der Waals surface area contributed by atoms with E-state index in [2.05, 4.69) is 27.9 Å². The quantitative estimate of drug-likeness (QED) is 0.508. The molecule has 0 spiro atoms. The zero-order valence-corrected chi connectivity index (χ0v) is 10.7. The highest BCUT2D eigenvalue weighted by Gasteiger charge is 2.11. The molecule has 82 valence electrons. The third-order valence-corrected chi connectivity index (χ3v) is 2.84. The second kappa shape index (κ2) is 5.95. The van der Waals surface area contributed by atoms with E-state index in [1.54, 1.807) is 25.1 Å². The maximum Gasteiger partial charge on any atom is 0.255 e. The van der Waals surface area contributed by atoms with E-state index in [1.165, 1.54) is 0 Å². The highest BCUT2D eigenvalue weighted by Crippen LogP contribution is 2.20. The number of rotatable bonds is 4. The van der Waals surface area contributed by atoms with Gasteiger partial charge in [0, 0.05) is 11.0 Å². The van der Waals surface area contributed by atoms with Crippen LogP contribution < -0.4 is 5.32 Å². The molecule has 3 nitrogen and oxygen atoms in total. The number of aryl methyl sites for hydroxylation is 1. The van der Waals surface area contributed by atoms with Crippen molar-refractivity contribution in [2.75, 3.05) is 11.0 Å². The number of alkyl halides is 1. The third-order valence-electron chi connectivity index (χ3n) is 2.08. The zero-order valence-electron chi connectivity index (χ0n) is 8.59. The first kappa shape index (κ1) is 12.3. The van der Waals surface area contributed by atoms with E-state index >= 15 is 0 Å². The van der Waals surface area contributed by atoms with Gasteiger partial charge in [-0.2, -0.15) is 0 Å². The number of amides is 1. The van der Waals surface area contributed by atoms with Crippen LogP contribution in [0.15, 0.2) is 18.2 Å². The molecule has 0 atom stereocenters. The number of benzene rings is 1. The standard InChI is InChI=1S/C11H14INO2/c1-8-4-2-5-9(10(8)14)11(15)13-7-3-6-12/h2,4-5,14H,3,6-7H2,1H3,(H,13,15). The third kappa shape index (κ3) is 3.37. The van der Waals surface area contributed by atoms with E-state index in [-0.39, 0.29) is 11.7 Å². The number of halogens is 1. The molecule has 2 N–H and O–H groups in total. The molecule has 1 rings (SSSR count). The van der Waals surface area contributed by atoms with Crippen LogP contribution in [0.5, 0.6) is 5.75 Å². The smallest absolute Gasteiger partial charge is 0.255 e. The minimum atomic E-state index is -0.207. The van der Waals surface area contributed by atoms with Crippen molar-refractivity contribution in [1.82, 2.24) is 5.32 Å². The predicted octanol–water partition coefficient (Wildman–Crippen LogP) is 2.26. The fraction of sp³-hybridized carbons (Fsp3) is 0.364. The number of hydrogen-bond acceptors (Lipinski definition) is 2. The largest absolute Gasteiger partial charge is 0.507 e. The molecule has 0 aliphatic heterocycles. The summed E-state index contributed by atoms with van der Waals surface area (Å²) in [5.74, 6) is -0.134. The molecular formula is C11H14INO2. The summed E-state index contributed by atoms with van der Waals surface area (Å²) in [6, 6.07) is 5.17. The van der Waals surface area contributed by atoms with E-state index in [9.17, 15) is 9.90 Å². The molecule has 0 aliphatic rings. The Kier molecular flexibility index (Phi) is 4.87. The summed E-state index contributed by atoms with van der Waals surface area (Å²) in [4.78, 5) is 11.6. The molecule has 0 aromatic heterocycles. The molecule has 0 saturated carbocycles. The van der Waals surface area contributed by atoms with E-state index in [0.29, 0.717) is 12.1 Å². The first-order chi connectivity index (χ1) is 7.16. The van der Waals surface area contributed by atoms with Crippen LogP contribution in [0.2, 0.25) is 0 Å². The zero-order chi connectivity index (χ0) is 11.3. The number of para-hydroxylation sites is 1. The topological polar surface area (TPSA) is 49.3 Å². The molecular weight excluding hydrogens is 305 g/mol. The Bertz CT molecular complexity index is 352. The molecule has 0 bridgehead atoms. The molecule has 0 heterocycles. The highest BCUT2D eigenvalue weighted by molar-refractivity contribution is 14.1. The number of phenolic OH excluding ortho intramolecular Hbond substituents is 1. The Morgan fingerprint density at radius 1 is 1.53 bits per heavy atom. The fourth-order valence-corrected chi connectivity index (χ4v) is 1.59. The Hall–Kier alpha value is -0.780. The van der Waals surface area contributed by atoms with E-state index in [1.807, 2.05) is 0 Å². The summed E-state index contributed by atoms with van der Waals surface area (Å²) in [5, 5.41) is 12.4. The van der Waals surface area contributed by atoms with Crippen LogP contribution in [0, 0.1) is 6.92 Å². The van der Waals surface area contributed by atoms with Gasteiger partial charge in [-0.25, -0.2) is 0 Å². The molecule has 1 aromatic rings. The van der Waals surface area contributed by atoms with E-state index in [0.717, 1.165) is 16.4 Å². The van der Waals surface area contributed by atoms with Gasteiger partial charge >= 0.3 is 0 Å². The van der Waals surface area contributed by atoms with Crippen LogP contribution in [0.3, 0.4) is 0 Å². The maximum absolute atomic E-state index is 11.6. The van der Waals surface area contributed by atoms with Gasteiger partial charge in [-0.15, -0.1) is 0 Å².